The Morgan fingerprint density at radius 1 is 1.17 bits per heavy atom. The Balaban J connectivity index is 1.57. The van der Waals surface area contributed by atoms with Crippen LogP contribution in [0, 0.1) is 5.92 Å². The Kier molecular flexibility index (Phi) is 4.76. The molecule has 4 N–H and O–H groups in total. The predicted molar refractivity (Wildman–Crippen MR) is 92.6 cm³/mol. The maximum Gasteiger partial charge on any atom is 0.161 e. The molecule has 0 aromatic heterocycles. The lowest BCUT2D eigenvalue weighted by Gasteiger charge is -2.37. The molecule has 3 rings (SSSR count). The van der Waals surface area contributed by atoms with Gasteiger partial charge < -0.3 is 11.5 Å². The number of carbonyl (C=O) groups excluding carboxylic acids is 1. The van der Waals surface area contributed by atoms with Gasteiger partial charge in [0.1, 0.15) is 5.54 Å². The lowest BCUT2D eigenvalue weighted by atomic mass is 9.76. The summed E-state index contributed by atoms with van der Waals surface area (Å²) in [4.78, 5) is 15.2. The highest BCUT2D eigenvalue weighted by atomic mass is 16.1. The summed E-state index contributed by atoms with van der Waals surface area (Å²) in [5, 5.41) is 0. The third kappa shape index (κ3) is 3.44. The van der Waals surface area contributed by atoms with Gasteiger partial charge in [0.05, 0.1) is 6.04 Å². The molecule has 1 aromatic rings. The first-order valence-electron chi connectivity index (χ1n) is 8.30. The van der Waals surface area contributed by atoms with E-state index in [0.29, 0.717) is 0 Å². The van der Waals surface area contributed by atoms with E-state index < -0.39 is 11.6 Å². The molecule has 2 aliphatic rings. The number of nitrogens with two attached hydrogens (primary N) is 2. The van der Waals surface area contributed by atoms with Crippen LogP contribution < -0.4 is 11.5 Å². The van der Waals surface area contributed by atoms with Crippen LogP contribution in [0.3, 0.4) is 0 Å². The number of allylic oxidation sites excluding steroid dienone is 2. The molecule has 1 heterocycles. The molecule has 1 aliphatic heterocycles. The van der Waals surface area contributed by atoms with Crippen molar-refractivity contribution < 1.29 is 4.79 Å². The van der Waals surface area contributed by atoms with Gasteiger partial charge in [0, 0.05) is 12.5 Å². The van der Waals surface area contributed by atoms with E-state index in [-0.39, 0.29) is 11.7 Å². The molecule has 0 bridgehead atoms. The van der Waals surface area contributed by atoms with Gasteiger partial charge in [0.25, 0.3) is 0 Å². The molecule has 4 heteroatoms. The van der Waals surface area contributed by atoms with Crippen LogP contribution in [0.25, 0.3) is 0 Å². The van der Waals surface area contributed by atoms with Crippen molar-refractivity contribution >= 4 is 5.78 Å². The summed E-state index contributed by atoms with van der Waals surface area (Å²) in [5.74, 6) is 0.0965. The second-order valence-corrected chi connectivity index (χ2v) is 6.60. The molecule has 1 aliphatic carbocycles. The summed E-state index contributed by atoms with van der Waals surface area (Å²) in [6, 6.07) is 10.0. The van der Waals surface area contributed by atoms with Crippen LogP contribution in [0.2, 0.25) is 0 Å². The highest BCUT2D eigenvalue weighted by Crippen LogP contribution is 2.27. The van der Waals surface area contributed by atoms with Gasteiger partial charge >= 0.3 is 0 Å². The van der Waals surface area contributed by atoms with Gasteiger partial charge in [0.15, 0.2) is 5.78 Å². The van der Waals surface area contributed by atoms with Crippen LogP contribution in [-0.2, 0) is 11.3 Å². The summed E-state index contributed by atoms with van der Waals surface area (Å²) in [6.45, 7) is 2.80. The molecule has 0 radical (unpaired) electrons. The number of rotatable bonds is 4. The van der Waals surface area contributed by atoms with Crippen LogP contribution in [0.1, 0.15) is 18.4 Å². The second kappa shape index (κ2) is 6.79. The van der Waals surface area contributed by atoms with Gasteiger partial charge in [-0.05, 0) is 31.5 Å². The minimum atomic E-state index is -1.04. The Labute approximate surface area is 137 Å². The zero-order valence-corrected chi connectivity index (χ0v) is 13.4. The van der Waals surface area contributed by atoms with Crippen molar-refractivity contribution in [1.82, 2.24) is 4.90 Å². The standard InChI is InChI=1S/C19H25N3O/c20-17-8-4-5-11-19(17,21)18(23)16-9-12-22(13-10-16)14-15-6-2-1-3-7-15/h1-8,11,16-17H,9-10,12-14,20-21H2. The number of nitrogens with zero attached hydrogens (tertiary/aromatic N) is 1. The summed E-state index contributed by atoms with van der Waals surface area (Å²) in [5.41, 5.74) is 12.6. The van der Waals surface area contributed by atoms with E-state index in [4.69, 9.17) is 11.5 Å². The van der Waals surface area contributed by atoms with Gasteiger partial charge in [-0.1, -0.05) is 54.6 Å². The summed E-state index contributed by atoms with van der Waals surface area (Å²) in [7, 11) is 0. The van der Waals surface area contributed by atoms with Crippen molar-refractivity contribution in [3.8, 4) is 0 Å². The third-order valence-corrected chi connectivity index (χ3v) is 4.99. The summed E-state index contributed by atoms with van der Waals surface area (Å²) < 4.78 is 0. The maximum absolute atomic E-state index is 12.8. The molecule has 2 unspecified atom stereocenters. The zero-order chi connectivity index (χ0) is 16.3. The van der Waals surface area contributed by atoms with Crippen molar-refractivity contribution in [2.75, 3.05) is 13.1 Å². The van der Waals surface area contributed by atoms with Crippen LogP contribution in [0.15, 0.2) is 54.6 Å². The molecule has 23 heavy (non-hydrogen) atoms. The van der Waals surface area contributed by atoms with Gasteiger partial charge in [-0.25, -0.2) is 0 Å². The molecule has 1 fully saturated rings. The first-order chi connectivity index (χ1) is 11.1. The molecule has 0 spiro atoms. The number of hydrogen-bond donors (Lipinski definition) is 2. The lowest BCUT2D eigenvalue weighted by molar-refractivity contribution is -0.128. The topological polar surface area (TPSA) is 72.3 Å². The van der Waals surface area contributed by atoms with Crippen LogP contribution in [-0.4, -0.2) is 35.4 Å². The molecule has 2 atom stereocenters. The van der Waals surface area contributed by atoms with Crippen molar-refractivity contribution in [2.24, 2.45) is 17.4 Å². The normalized spacial score (nSPS) is 28.9. The first-order valence-corrected chi connectivity index (χ1v) is 8.30. The molecule has 0 amide bonds. The fraction of sp³-hybridized carbons (Fsp3) is 0.421. The van der Waals surface area contributed by atoms with Crippen molar-refractivity contribution in [1.29, 1.82) is 0 Å². The number of piperidine rings is 1. The van der Waals surface area contributed by atoms with E-state index >= 15 is 0 Å². The van der Waals surface area contributed by atoms with Gasteiger partial charge in [-0.15, -0.1) is 0 Å². The van der Waals surface area contributed by atoms with E-state index in [0.717, 1.165) is 32.5 Å². The smallest absolute Gasteiger partial charge is 0.161 e. The average molecular weight is 311 g/mol. The highest BCUT2D eigenvalue weighted by molar-refractivity contribution is 5.94. The minimum absolute atomic E-state index is 0.00854. The fourth-order valence-electron chi connectivity index (χ4n) is 3.46. The van der Waals surface area contributed by atoms with Gasteiger partial charge in [-0.3, -0.25) is 9.69 Å². The Morgan fingerprint density at radius 2 is 1.87 bits per heavy atom. The summed E-state index contributed by atoms with van der Waals surface area (Å²) in [6.07, 6.45) is 8.96. The van der Waals surface area contributed by atoms with Crippen molar-refractivity contribution in [3.05, 3.63) is 60.2 Å². The maximum atomic E-state index is 12.8. The predicted octanol–water partition coefficient (Wildman–Crippen LogP) is 1.62. The second-order valence-electron chi connectivity index (χ2n) is 6.60. The van der Waals surface area contributed by atoms with Gasteiger partial charge in [0.2, 0.25) is 0 Å². The molecule has 1 saturated heterocycles. The Morgan fingerprint density at radius 3 is 2.52 bits per heavy atom. The van der Waals surface area contributed by atoms with Crippen molar-refractivity contribution in [3.63, 3.8) is 0 Å². The number of carbonyl (C=O) groups is 1. The van der Waals surface area contributed by atoms with E-state index in [1.54, 1.807) is 6.08 Å². The van der Waals surface area contributed by atoms with E-state index in [1.165, 1.54) is 5.56 Å². The molecule has 0 saturated carbocycles. The Hall–Kier alpha value is -1.75. The Bertz CT molecular complexity index is 602. The number of likely N-dealkylation sites (tertiary alicyclic amines) is 1. The highest BCUT2D eigenvalue weighted by Gasteiger charge is 2.41. The lowest BCUT2D eigenvalue weighted by Crippen LogP contribution is -2.61. The number of benzene rings is 1. The molecule has 122 valence electrons. The van der Waals surface area contributed by atoms with Crippen LogP contribution in [0.4, 0.5) is 0 Å². The molecule has 4 nitrogen and oxygen atoms in total. The molecular formula is C19H25N3O. The van der Waals surface area contributed by atoms with Gasteiger partial charge in [-0.2, -0.15) is 0 Å². The molecule has 1 aromatic carbocycles. The number of ketones is 1. The van der Waals surface area contributed by atoms with E-state index in [2.05, 4.69) is 29.2 Å². The monoisotopic (exact) mass is 311 g/mol. The van der Waals surface area contributed by atoms with Crippen LogP contribution in [0.5, 0.6) is 0 Å². The molecular weight excluding hydrogens is 286 g/mol. The van der Waals surface area contributed by atoms with E-state index in [9.17, 15) is 4.79 Å². The number of Topliss-reactive ketones (excluding diaryl/α,β-unsaturated/α-hetero) is 1. The van der Waals surface area contributed by atoms with Crippen LogP contribution >= 0.6 is 0 Å². The SMILES string of the molecule is NC1C=CC=CC1(N)C(=O)C1CCN(Cc2ccccc2)CC1. The quantitative estimate of drug-likeness (QED) is 0.886. The third-order valence-electron chi connectivity index (χ3n) is 4.99. The average Bonchev–Trinajstić information content (AvgIpc) is 2.59. The van der Waals surface area contributed by atoms with Crippen molar-refractivity contribution in [2.45, 2.75) is 31.0 Å². The minimum Gasteiger partial charge on any atom is -0.322 e. The summed E-state index contributed by atoms with van der Waals surface area (Å²) >= 11 is 0. The zero-order valence-electron chi connectivity index (χ0n) is 13.4. The fourth-order valence-corrected chi connectivity index (χ4v) is 3.46. The number of hydrogen-bond acceptors (Lipinski definition) is 4. The largest absolute Gasteiger partial charge is 0.322 e. The first kappa shape index (κ1) is 16.1. The van der Waals surface area contributed by atoms with E-state index in [1.807, 2.05) is 24.3 Å².